The number of carbonyl (C=O) groups is 1. The number of aryl methyl sites for hydroxylation is 1. The molecule has 2 rings (SSSR count). The van der Waals surface area contributed by atoms with Gasteiger partial charge in [-0.2, -0.15) is 0 Å². The number of nitrogens with one attached hydrogen (secondary N) is 1. The number of hydrogen-bond acceptors (Lipinski definition) is 3. The van der Waals surface area contributed by atoms with Gasteiger partial charge >= 0.3 is 5.97 Å². The minimum Gasteiger partial charge on any atom is -0.457 e. The average molecular weight is 350 g/mol. The van der Waals surface area contributed by atoms with Crippen LogP contribution in [0.15, 0.2) is 61.2 Å². The van der Waals surface area contributed by atoms with Crippen LogP contribution in [0.2, 0.25) is 0 Å². The van der Waals surface area contributed by atoms with Crippen LogP contribution in [-0.4, -0.2) is 43.1 Å². The molecule has 4 heteroatoms. The van der Waals surface area contributed by atoms with Crippen LogP contribution in [-0.2, 0) is 4.74 Å². The van der Waals surface area contributed by atoms with Crippen molar-refractivity contribution in [2.45, 2.75) is 6.92 Å². The number of benzene rings is 1. The minimum absolute atomic E-state index is 0.170. The molecule has 4 nitrogen and oxygen atoms in total. The van der Waals surface area contributed by atoms with Crippen LogP contribution >= 0.6 is 0 Å². The molecule has 1 aromatic carbocycles. The molecule has 26 heavy (non-hydrogen) atoms. The van der Waals surface area contributed by atoms with Gasteiger partial charge in [-0.1, -0.05) is 49.6 Å². The molecule has 0 unspecified atom stereocenters. The fourth-order valence-corrected chi connectivity index (χ4v) is 2.66. The average Bonchev–Trinajstić information content (AvgIpc) is 2.93. The zero-order valence-corrected chi connectivity index (χ0v) is 15.7. The Labute approximate surface area is 155 Å². The van der Waals surface area contributed by atoms with Crippen molar-refractivity contribution < 1.29 is 9.53 Å². The number of allylic oxidation sites excluding steroid dienone is 2. The Morgan fingerprint density at radius 3 is 2.73 bits per heavy atom. The fraction of sp³-hybridized carbons (Fsp3) is 0.227. The van der Waals surface area contributed by atoms with Crippen molar-refractivity contribution in [3.63, 3.8) is 0 Å². The normalized spacial score (nSPS) is 12.1. The lowest BCUT2D eigenvalue weighted by Crippen LogP contribution is -2.10. The van der Waals surface area contributed by atoms with Gasteiger partial charge in [0.05, 0.1) is 5.56 Å². The molecule has 136 valence electrons. The molecule has 1 heterocycles. The fourth-order valence-electron chi connectivity index (χ4n) is 2.66. The summed E-state index contributed by atoms with van der Waals surface area (Å²) in [4.78, 5) is 18.0. The van der Waals surface area contributed by atoms with E-state index in [4.69, 9.17) is 4.74 Å². The van der Waals surface area contributed by atoms with Gasteiger partial charge in [0.1, 0.15) is 6.61 Å². The molecule has 0 amide bonds. The van der Waals surface area contributed by atoms with E-state index in [2.05, 4.69) is 35.2 Å². The summed E-state index contributed by atoms with van der Waals surface area (Å²) in [6, 6.07) is 6.03. The van der Waals surface area contributed by atoms with E-state index in [1.54, 1.807) is 18.2 Å². The quantitative estimate of drug-likeness (QED) is 0.563. The number of esters is 1. The van der Waals surface area contributed by atoms with Crippen molar-refractivity contribution in [2.75, 3.05) is 27.2 Å². The van der Waals surface area contributed by atoms with E-state index in [0.717, 1.165) is 34.3 Å². The summed E-state index contributed by atoms with van der Waals surface area (Å²) in [6.45, 7) is 10.3. The molecule has 0 saturated heterocycles. The number of likely N-dealkylation sites (N-methyl/N-ethyl adjacent to an activating group) is 1. The number of fused-ring (bicyclic) bond motifs is 1. The van der Waals surface area contributed by atoms with Gasteiger partial charge in [-0.25, -0.2) is 4.79 Å². The van der Waals surface area contributed by atoms with E-state index in [-0.39, 0.29) is 12.6 Å². The number of nitrogens with zero attached hydrogens (tertiary/aromatic N) is 1. The van der Waals surface area contributed by atoms with Gasteiger partial charge in [-0.3, -0.25) is 0 Å². The van der Waals surface area contributed by atoms with Crippen LogP contribution in [0.4, 0.5) is 0 Å². The zero-order chi connectivity index (χ0) is 19.1. The molecular weight excluding hydrogens is 324 g/mol. The van der Waals surface area contributed by atoms with Gasteiger partial charge < -0.3 is 14.6 Å². The topological polar surface area (TPSA) is 45.3 Å². The van der Waals surface area contributed by atoms with Crippen LogP contribution in [0.5, 0.6) is 0 Å². The Kier molecular flexibility index (Phi) is 6.75. The molecule has 0 saturated carbocycles. The van der Waals surface area contributed by atoms with E-state index < -0.39 is 0 Å². The van der Waals surface area contributed by atoms with Gasteiger partial charge in [-0.15, -0.1) is 0 Å². The monoisotopic (exact) mass is 350 g/mol. The molecule has 1 N–H and O–H groups in total. The Hall–Kier alpha value is -2.85. The first-order valence-electron chi connectivity index (χ1n) is 8.51. The van der Waals surface area contributed by atoms with Crippen LogP contribution < -0.4 is 0 Å². The van der Waals surface area contributed by atoms with Crippen LogP contribution in [0.3, 0.4) is 0 Å². The van der Waals surface area contributed by atoms with Crippen LogP contribution in [0, 0.1) is 6.92 Å². The lowest BCUT2D eigenvalue weighted by Gasteiger charge is -2.06. The smallest absolute Gasteiger partial charge is 0.340 e. The van der Waals surface area contributed by atoms with Gasteiger partial charge in [0.2, 0.25) is 0 Å². The zero-order valence-electron chi connectivity index (χ0n) is 15.7. The second kappa shape index (κ2) is 9.02. The van der Waals surface area contributed by atoms with Crippen molar-refractivity contribution in [2.24, 2.45) is 0 Å². The number of ether oxygens (including phenoxy) is 1. The number of carbonyl (C=O) groups excluding carboxylic acids is 1. The number of aromatic nitrogens is 1. The molecule has 0 spiro atoms. The Morgan fingerprint density at radius 2 is 2.08 bits per heavy atom. The van der Waals surface area contributed by atoms with E-state index in [0.29, 0.717) is 5.56 Å². The van der Waals surface area contributed by atoms with Crippen molar-refractivity contribution in [1.29, 1.82) is 0 Å². The number of aromatic amines is 1. The number of hydrogen-bond donors (Lipinski definition) is 1. The van der Waals surface area contributed by atoms with Crippen molar-refractivity contribution >= 4 is 22.9 Å². The van der Waals surface area contributed by atoms with Crippen molar-refractivity contribution in [3.05, 3.63) is 78.1 Å². The second-order valence-corrected chi connectivity index (χ2v) is 6.35. The van der Waals surface area contributed by atoms with Crippen molar-refractivity contribution in [1.82, 2.24) is 9.88 Å². The number of rotatable bonds is 8. The summed E-state index contributed by atoms with van der Waals surface area (Å²) >= 11 is 0. The summed E-state index contributed by atoms with van der Waals surface area (Å²) in [5.74, 6) is -0.347. The molecule has 0 fully saturated rings. The maximum Gasteiger partial charge on any atom is 0.340 e. The molecule has 0 bridgehead atoms. The number of H-pyrrole nitrogens is 1. The first kappa shape index (κ1) is 19.5. The molecular formula is C22H26N2O2. The second-order valence-electron chi connectivity index (χ2n) is 6.35. The molecule has 0 aliphatic carbocycles. The minimum atomic E-state index is -0.347. The predicted molar refractivity (Wildman–Crippen MR) is 109 cm³/mol. The van der Waals surface area contributed by atoms with Crippen LogP contribution in [0.25, 0.3) is 17.0 Å². The Morgan fingerprint density at radius 1 is 1.31 bits per heavy atom. The predicted octanol–water partition coefficient (Wildman–Crippen LogP) is 4.51. The maximum absolute atomic E-state index is 12.6. The van der Waals surface area contributed by atoms with E-state index >= 15 is 0 Å². The van der Waals surface area contributed by atoms with E-state index in [1.807, 2.05) is 39.2 Å². The Bertz CT molecular complexity index is 870. The standard InChI is InChI=1S/C22H26N2O2/c1-6-9-17(7-2)15-26-22(25)21-16(3)23-20-12-11-18(14-19(20)21)10-8-13-24(4)5/h6-12,14,23H,1-2,13,15H2,3-5H3/b10-8-,17-9+. The third-order valence-electron chi connectivity index (χ3n) is 3.96. The molecule has 0 aliphatic rings. The van der Waals surface area contributed by atoms with Gasteiger partial charge in [0, 0.05) is 23.1 Å². The summed E-state index contributed by atoms with van der Waals surface area (Å²) in [5, 5.41) is 0.868. The first-order chi connectivity index (χ1) is 12.5. The summed E-state index contributed by atoms with van der Waals surface area (Å²) in [7, 11) is 4.05. The summed E-state index contributed by atoms with van der Waals surface area (Å²) in [5.41, 5.74) is 4.14. The van der Waals surface area contributed by atoms with Gasteiger partial charge in [0.15, 0.2) is 0 Å². The third kappa shape index (κ3) is 4.83. The Balaban J connectivity index is 2.28. The highest BCUT2D eigenvalue weighted by molar-refractivity contribution is 6.06. The largest absolute Gasteiger partial charge is 0.457 e. The highest BCUT2D eigenvalue weighted by Gasteiger charge is 2.17. The molecule has 0 atom stereocenters. The van der Waals surface area contributed by atoms with E-state index in [9.17, 15) is 4.79 Å². The lowest BCUT2D eigenvalue weighted by atomic mass is 10.1. The molecule has 2 aromatic rings. The van der Waals surface area contributed by atoms with E-state index in [1.165, 1.54) is 0 Å². The van der Waals surface area contributed by atoms with Gasteiger partial charge in [0.25, 0.3) is 0 Å². The van der Waals surface area contributed by atoms with Gasteiger partial charge in [-0.05, 0) is 44.3 Å². The highest BCUT2D eigenvalue weighted by Crippen LogP contribution is 2.25. The molecule has 1 aromatic heterocycles. The summed E-state index contributed by atoms with van der Waals surface area (Å²) < 4.78 is 5.46. The molecule has 0 aliphatic heterocycles. The molecule has 0 radical (unpaired) electrons. The maximum atomic E-state index is 12.6. The lowest BCUT2D eigenvalue weighted by molar-refractivity contribution is 0.0544. The summed E-state index contributed by atoms with van der Waals surface area (Å²) in [6.07, 6.45) is 9.23. The third-order valence-corrected chi connectivity index (χ3v) is 3.96. The van der Waals surface area contributed by atoms with Crippen LogP contribution in [0.1, 0.15) is 21.6 Å². The first-order valence-corrected chi connectivity index (χ1v) is 8.51. The SMILES string of the molecule is C=C/C=C(\C=C)COC(=O)c1c(C)[nH]c2ccc(/C=C\CN(C)C)cc12. The van der Waals surface area contributed by atoms with Crippen molar-refractivity contribution in [3.8, 4) is 0 Å². The highest BCUT2D eigenvalue weighted by atomic mass is 16.5.